The zero-order valence-corrected chi connectivity index (χ0v) is 10.7. The second-order valence-corrected chi connectivity index (χ2v) is 5.12. The second kappa shape index (κ2) is 4.56. The van der Waals surface area contributed by atoms with Crippen LogP contribution in [-0.4, -0.2) is 21.1 Å². The van der Waals surface area contributed by atoms with Gasteiger partial charge in [0.15, 0.2) is 5.78 Å². The fraction of sp³-hybridized carbons (Fsp3) is 0.188. The fourth-order valence-corrected chi connectivity index (χ4v) is 2.80. The van der Waals surface area contributed by atoms with Crippen LogP contribution in [0, 0.1) is 0 Å². The highest BCUT2D eigenvalue weighted by molar-refractivity contribution is 6.01. The molecule has 3 rings (SSSR count). The van der Waals surface area contributed by atoms with Crippen molar-refractivity contribution in [2.24, 2.45) is 0 Å². The molecular weight excluding hydrogens is 256 g/mol. The summed E-state index contributed by atoms with van der Waals surface area (Å²) in [6, 6.07) is 9.49. The van der Waals surface area contributed by atoms with Crippen LogP contribution in [0.25, 0.3) is 0 Å². The number of benzene rings is 2. The lowest BCUT2D eigenvalue weighted by Crippen LogP contribution is -2.18. The van der Waals surface area contributed by atoms with Gasteiger partial charge in [-0.25, -0.2) is 0 Å². The Morgan fingerprint density at radius 2 is 1.60 bits per heavy atom. The zero-order chi connectivity index (χ0) is 14.3. The van der Waals surface area contributed by atoms with E-state index in [2.05, 4.69) is 0 Å². The highest BCUT2D eigenvalue weighted by Gasteiger charge is 2.29. The van der Waals surface area contributed by atoms with Crippen molar-refractivity contribution < 1.29 is 20.1 Å². The van der Waals surface area contributed by atoms with Crippen molar-refractivity contribution in [1.29, 1.82) is 0 Å². The second-order valence-electron chi connectivity index (χ2n) is 5.12. The molecule has 4 nitrogen and oxygen atoms in total. The summed E-state index contributed by atoms with van der Waals surface area (Å²) in [5.74, 6) is -0.139. The molecule has 0 spiro atoms. The number of carbonyl (C=O) groups excluding carboxylic acids is 1. The molecule has 0 unspecified atom stereocenters. The molecule has 0 aromatic heterocycles. The van der Waals surface area contributed by atoms with E-state index < -0.39 is 0 Å². The molecule has 0 amide bonds. The fourth-order valence-electron chi connectivity index (χ4n) is 2.80. The zero-order valence-electron chi connectivity index (χ0n) is 10.7. The Bertz CT molecular complexity index is 674. The summed E-state index contributed by atoms with van der Waals surface area (Å²) < 4.78 is 0. The summed E-state index contributed by atoms with van der Waals surface area (Å²) in [5, 5.41) is 28.6. The van der Waals surface area contributed by atoms with Crippen LogP contribution in [0.5, 0.6) is 17.2 Å². The molecule has 0 saturated carbocycles. The summed E-state index contributed by atoms with van der Waals surface area (Å²) >= 11 is 0. The molecule has 1 atom stereocenters. The topological polar surface area (TPSA) is 77.8 Å². The quantitative estimate of drug-likeness (QED) is 0.744. The minimum atomic E-state index is -0.158. The van der Waals surface area contributed by atoms with E-state index in [9.17, 15) is 20.1 Å². The highest BCUT2D eigenvalue weighted by Crippen LogP contribution is 2.38. The van der Waals surface area contributed by atoms with Gasteiger partial charge in [0.1, 0.15) is 17.2 Å². The van der Waals surface area contributed by atoms with Crippen LogP contribution in [0.15, 0.2) is 36.4 Å². The monoisotopic (exact) mass is 270 g/mol. The van der Waals surface area contributed by atoms with Gasteiger partial charge in [-0.15, -0.1) is 0 Å². The summed E-state index contributed by atoms with van der Waals surface area (Å²) in [6.45, 7) is 0. The minimum absolute atomic E-state index is 0.00296. The van der Waals surface area contributed by atoms with Crippen LogP contribution in [0.1, 0.15) is 33.8 Å². The summed E-state index contributed by atoms with van der Waals surface area (Å²) in [6.07, 6.45) is 0.893. The molecule has 4 heteroatoms. The third-order valence-electron chi connectivity index (χ3n) is 3.73. The molecule has 2 aromatic carbocycles. The standard InChI is InChI=1S/C16H14O4/c17-12-3-1-9(2-4-12)10-5-11-6-13(18)8-15(20)16(11)14(19)7-10/h1-4,6,8,10,17-18,20H,5,7H2/t10-/m0/s1. The van der Waals surface area contributed by atoms with Gasteiger partial charge in [-0.2, -0.15) is 0 Å². The summed E-state index contributed by atoms with van der Waals surface area (Å²) in [5.41, 5.74) is 1.94. The van der Waals surface area contributed by atoms with Crippen molar-refractivity contribution in [3.8, 4) is 17.2 Å². The molecule has 20 heavy (non-hydrogen) atoms. The SMILES string of the molecule is O=C1C[C@@H](c2ccc(O)cc2)Cc2cc(O)cc(O)c21. The number of ketones is 1. The Balaban J connectivity index is 2.00. The van der Waals surface area contributed by atoms with Crippen LogP contribution < -0.4 is 0 Å². The van der Waals surface area contributed by atoms with E-state index in [1.807, 2.05) is 0 Å². The van der Waals surface area contributed by atoms with Crippen LogP contribution in [0.4, 0.5) is 0 Å². The van der Waals surface area contributed by atoms with E-state index in [0.717, 1.165) is 5.56 Å². The lowest BCUT2D eigenvalue weighted by Gasteiger charge is -2.24. The van der Waals surface area contributed by atoms with Crippen molar-refractivity contribution in [2.75, 3.05) is 0 Å². The Morgan fingerprint density at radius 3 is 2.30 bits per heavy atom. The van der Waals surface area contributed by atoms with Crippen LogP contribution in [0.3, 0.4) is 0 Å². The summed E-state index contributed by atoms with van der Waals surface area (Å²) in [4.78, 5) is 12.2. The molecule has 102 valence electrons. The normalized spacial score (nSPS) is 17.8. The number of rotatable bonds is 1. The maximum atomic E-state index is 12.2. The van der Waals surface area contributed by atoms with Gasteiger partial charge in [0.25, 0.3) is 0 Å². The van der Waals surface area contributed by atoms with Crippen LogP contribution in [0.2, 0.25) is 0 Å². The third kappa shape index (κ3) is 2.09. The van der Waals surface area contributed by atoms with E-state index in [-0.39, 0.29) is 28.9 Å². The van der Waals surface area contributed by atoms with Gasteiger partial charge >= 0.3 is 0 Å². The first-order valence-electron chi connectivity index (χ1n) is 6.41. The van der Waals surface area contributed by atoms with E-state index in [4.69, 9.17) is 0 Å². The van der Waals surface area contributed by atoms with Crippen molar-refractivity contribution in [1.82, 2.24) is 0 Å². The molecule has 1 aliphatic rings. The average molecular weight is 270 g/mol. The molecule has 0 saturated heterocycles. The predicted molar refractivity (Wildman–Crippen MR) is 73.3 cm³/mol. The van der Waals surface area contributed by atoms with Crippen LogP contribution >= 0.6 is 0 Å². The van der Waals surface area contributed by atoms with Crippen molar-refractivity contribution in [3.05, 3.63) is 53.1 Å². The van der Waals surface area contributed by atoms with Gasteiger partial charge in [-0.3, -0.25) is 4.79 Å². The smallest absolute Gasteiger partial charge is 0.167 e. The summed E-state index contributed by atoms with van der Waals surface area (Å²) in [7, 11) is 0. The lowest BCUT2D eigenvalue weighted by molar-refractivity contribution is 0.0961. The van der Waals surface area contributed by atoms with Crippen LogP contribution in [-0.2, 0) is 6.42 Å². The number of Topliss-reactive ketones (excluding diaryl/α,β-unsaturated/α-hetero) is 1. The van der Waals surface area contributed by atoms with E-state index in [1.54, 1.807) is 24.3 Å². The van der Waals surface area contributed by atoms with E-state index in [0.29, 0.717) is 24.0 Å². The van der Waals surface area contributed by atoms with Gasteiger partial charge in [-0.05, 0) is 41.7 Å². The largest absolute Gasteiger partial charge is 0.508 e. The van der Waals surface area contributed by atoms with Crippen molar-refractivity contribution >= 4 is 5.78 Å². The first-order valence-corrected chi connectivity index (χ1v) is 6.41. The number of phenolic OH excluding ortho intramolecular Hbond substituents is 3. The van der Waals surface area contributed by atoms with Gasteiger partial charge in [0, 0.05) is 12.5 Å². The number of hydrogen-bond acceptors (Lipinski definition) is 4. The number of aromatic hydroxyl groups is 3. The maximum absolute atomic E-state index is 12.2. The number of carbonyl (C=O) groups is 1. The number of hydrogen-bond donors (Lipinski definition) is 3. The van der Waals surface area contributed by atoms with Gasteiger partial charge in [0.2, 0.25) is 0 Å². The van der Waals surface area contributed by atoms with Gasteiger partial charge < -0.3 is 15.3 Å². The lowest BCUT2D eigenvalue weighted by atomic mass is 9.79. The molecule has 3 N–H and O–H groups in total. The Kier molecular flexibility index (Phi) is 2.86. The molecule has 0 heterocycles. The molecule has 1 aliphatic carbocycles. The maximum Gasteiger partial charge on any atom is 0.167 e. The molecule has 0 fully saturated rings. The number of fused-ring (bicyclic) bond motifs is 1. The molecule has 0 radical (unpaired) electrons. The highest BCUT2D eigenvalue weighted by atomic mass is 16.3. The minimum Gasteiger partial charge on any atom is -0.508 e. The molecular formula is C16H14O4. The van der Waals surface area contributed by atoms with Crippen molar-refractivity contribution in [3.63, 3.8) is 0 Å². The number of phenols is 3. The predicted octanol–water partition coefficient (Wildman–Crippen LogP) is 2.72. The van der Waals surface area contributed by atoms with E-state index in [1.165, 1.54) is 12.1 Å². The Morgan fingerprint density at radius 1 is 0.900 bits per heavy atom. The molecule has 0 aliphatic heterocycles. The molecule has 2 aromatic rings. The molecule has 0 bridgehead atoms. The van der Waals surface area contributed by atoms with Crippen molar-refractivity contribution in [2.45, 2.75) is 18.8 Å². The Hall–Kier alpha value is -2.49. The van der Waals surface area contributed by atoms with Gasteiger partial charge in [-0.1, -0.05) is 12.1 Å². The average Bonchev–Trinajstić information content (AvgIpc) is 2.38. The van der Waals surface area contributed by atoms with Gasteiger partial charge in [0.05, 0.1) is 5.56 Å². The Labute approximate surface area is 115 Å². The van der Waals surface area contributed by atoms with E-state index >= 15 is 0 Å². The third-order valence-corrected chi connectivity index (χ3v) is 3.73. The first-order chi connectivity index (χ1) is 9.54. The first kappa shape index (κ1) is 12.5.